The summed E-state index contributed by atoms with van der Waals surface area (Å²) in [6.45, 7) is 9.94. The third kappa shape index (κ3) is 4.46. The third-order valence-corrected chi connectivity index (χ3v) is 4.37. The number of carbonyl (C=O) groups is 1. The highest BCUT2D eigenvalue weighted by Gasteiger charge is 2.26. The zero-order chi connectivity index (χ0) is 17.8. The van der Waals surface area contributed by atoms with E-state index in [9.17, 15) is 4.79 Å². The highest BCUT2D eigenvalue weighted by Crippen LogP contribution is 2.17. The van der Waals surface area contributed by atoms with E-state index in [0.29, 0.717) is 18.3 Å². The topological polar surface area (TPSA) is 87.6 Å². The lowest BCUT2D eigenvalue weighted by molar-refractivity contribution is -0.127. The van der Waals surface area contributed by atoms with Crippen molar-refractivity contribution in [3.8, 4) is 11.4 Å². The molecule has 3 heterocycles. The molecule has 0 aromatic carbocycles. The molecule has 3 rings (SSSR count). The van der Waals surface area contributed by atoms with Gasteiger partial charge in [-0.1, -0.05) is 5.16 Å². The van der Waals surface area contributed by atoms with Crippen LogP contribution >= 0.6 is 0 Å². The molecule has 136 valence electrons. The Morgan fingerprint density at radius 2 is 2.04 bits per heavy atom. The molecule has 2 aromatic rings. The van der Waals surface area contributed by atoms with Crippen LogP contribution in [0.1, 0.15) is 26.7 Å². The molecule has 1 aliphatic heterocycles. The van der Waals surface area contributed by atoms with Crippen molar-refractivity contribution in [2.24, 2.45) is 0 Å². The van der Waals surface area contributed by atoms with Crippen molar-refractivity contribution >= 4 is 5.91 Å². The maximum atomic E-state index is 12.1. The molecule has 8 nitrogen and oxygen atoms in total. The monoisotopic (exact) mass is 347 g/mol. The predicted molar refractivity (Wildman–Crippen MR) is 91.6 cm³/mol. The SMILES string of the molecule is CC(C)NC(=O)[C@H](C)N1CCN(Cc2nc(-c3ccoc3)no2)CC1. The van der Waals surface area contributed by atoms with Gasteiger partial charge in [-0.15, -0.1) is 0 Å². The van der Waals surface area contributed by atoms with Crippen LogP contribution in [0.5, 0.6) is 0 Å². The first-order valence-electron chi connectivity index (χ1n) is 8.65. The molecule has 8 heteroatoms. The van der Waals surface area contributed by atoms with Gasteiger partial charge in [-0.25, -0.2) is 0 Å². The van der Waals surface area contributed by atoms with Crippen LogP contribution in [0.3, 0.4) is 0 Å². The van der Waals surface area contributed by atoms with Gasteiger partial charge in [-0.3, -0.25) is 14.6 Å². The molecule has 1 fully saturated rings. The fourth-order valence-corrected chi connectivity index (χ4v) is 2.90. The largest absolute Gasteiger partial charge is 0.472 e. The van der Waals surface area contributed by atoms with Crippen molar-refractivity contribution in [1.82, 2.24) is 25.3 Å². The highest BCUT2D eigenvalue weighted by atomic mass is 16.5. The standard InChI is InChI=1S/C17H25N5O3/c1-12(2)18-17(23)13(3)22-7-5-21(6-8-22)10-15-19-16(20-25-15)14-4-9-24-11-14/h4,9,11-13H,5-8,10H2,1-3H3,(H,18,23)/t13-/m0/s1. The van der Waals surface area contributed by atoms with Crippen molar-refractivity contribution in [3.05, 3.63) is 24.5 Å². The van der Waals surface area contributed by atoms with Gasteiger partial charge in [0.25, 0.3) is 0 Å². The van der Waals surface area contributed by atoms with Crippen molar-refractivity contribution in [1.29, 1.82) is 0 Å². The zero-order valence-corrected chi connectivity index (χ0v) is 14.9. The van der Waals surface area contributed by atoms with Crippen LogP contribution in [-0.4, -0.2) is 64.1 Å². The van der Waals surface area contributed by atoms with Crippen LogP contribution in [0, 0.1) is 0 Å². The molecular weight excluding hydrogens is 322 g/mol. The van der Waals surface area contributed by atoms with Crippen molar-refractivity contribution < 1.29 is 13.7 Å². The fourth-order valence-electron chi connectivity index (χ4n) is 2.90. The summed E-state index contributed by atoms with van der Waals surface area (Å²) in [5.41, 5.74) is 0.810. The molecule has 0 radical (unpaired) electrons. The summed E-state index contributed by atoms with van der Waals surface area (Å²) in [6, 6.07) is 1.86. The van der Waals surface area contributed by atoms with Crippen LogP contribution in [0.25, 0.3) is 11.4 Å². The number of amides is 1. The van der Waals surface area contributed by atoms with E-state index in [-0.39, 0.29) is 18.0 Å². The number of nitrogens with zero attached hydrogens (tertiary/aromatic N) is 4. The first kappa shape index (κ1) is 17.6. The number of hydrogen-bond donors (Lipinski definition) is 1. The van der Waals surface area contributed by atoms with Gasteiger partial charge >= 0.3 is 0 Å². The number of nitrogens with one attached hydrogen (secondary N) is 1. The van der Waals surface area contributed by atoms with E-state index in [1.54, 1.807) is 18.6 Å². The highest BCUT2D eigenvalue weighted by molar-refractivity contribution is 5.81. The van der Waals surface area contributed by atoms with Gasteiger partial charge in [0.2, 0.25) is 17.6 Å². The van der Waals surface area contributed by atoms with E-state index in [2.05, 4.69) is 25.3 Å². The number of piperazine rings is 1. The molecule has 1 atom stereocenters. The van der Waals surface area contributed by atoms with Gasteiger partial charge in [0.05, 0.1) is 24.4 Å². The summed E-state index contributed by atoms with van der Waals surface area (Å²) in [6.07, 6.45) is 3.18. The van der Waals surface area contributed by atoms with Crippen LogP contribution in [0.4, 0.5) is 0 Å². The Labute approximate surface area is 147 Å². The Morgan fingerprint density at radius 3 is 2.68 bits per heavy atom. The molecule has 2 aromatic heterocycles. The summed E-state index contributed by atoms with van der Waals surface area (Å²) < 4.78 is 10.4. The fraction of sp³-hybridized carbons (Fsp3) is 0.588. The van der Waals surface area contributed by atoms with Crippen LogP contribution in [-0.2, 0) is 11.3 Å². The molecule has 1 saturated heterocycles. The van der Waals surface area contributed by atoms with E-state index >= 15 is 0 Å². The van der Waals surface area contributed by atoms with Crippen LogP contribution in [0.2, 0.25) is 0 Å². The first-order chi connectivity index (χ1) is 12.0. The van der Waals surface area contributed by atoms with Gasteiger partial charge in [-0.05, 0) is 26.8 Å². The second kappa shape index (κ2) is 7.79. The zero-order valence-electron chi connectivity index (χ0n) is 14.9. The van der Waals surface area contributed by atoms with Gasteiger partial charge in [0, 0.05) is 32.2 Å². The molecule has 0 saturated carbocycles. The molecule has 0 spiro atoms. The van der Waals surface area contributed by atoms with E-state index < -0.39 is 0 Å². The maximum Gasteiger partial charge on any atom is 0.241 e. The van der Waals surface area contributed by atoms with E-state index in [1.807, 2.05) is 20.8 Å². The molecule has 1 aliphatic rings. The van der Waals surface area contributed by atoms with E-state index in [0.717, 1.165) is 31.7 Å². The predicted octanol–water partition coefficient (Wildman–Crippen LogP) is 1.36. The van der Waals surface area contributed by atoms with Crippen molar-refractivity contribution in [2.75, 3.05) is 26.2 Å². The number of hydrogen-bond acceptors (Lipinski definition) is 7. The van der Waals surface area contributed by atoms with E-state index in [1.165, 1.54) is 0 Å². The Hall–Kier alpha value is -2.19. The summed E-state index contributed by atoms with van der Waals surface area (Å²) >= 11 is 0. The average Bonchev–Trinajstić information content (AvgIpc) is 3.25. The minimum absolute atomic E-state index is 0.0881. The van der Waals surface area contributed by atoms with Gasteiger partial charge in [-0.2, -0.15) is 4.98 Å². The van der Waals surface area contributed by atoms with E-state index in [4.69, 9.17) is 8.94 Å². The smallest absolute Gasteiger partial charge is 0.241 e. The Morgan fingerprint density at radius 1 is 1.28 bits per heavy atom. The van der Waals surface area contributed by atoms with Gasteiger partial charge < -0.3 is 14.3 Å². The summed E-state index contributed by atoms with van der Waals surface area (Å²) in [5, 5.41) is 6.95. The lowest BCUT2D eigenvalue weighted by atomic mass is 10.2. The number of aromatic nitrogens is 2. The normalized spacial score (nSPS) is 17.8. The summed E-state index contributed by atoms with van der Waals surface area (Å²) in [5.74, 6) is 1.22. The van der Waals surface area contributed by atoms with Crippen LogP contribution in [0.15, 0.2) is 27.5 Å². The quantitative estimate of drug-likeness (QED) is 0.844. The Bertz CT molecular complexity index is 674. The second-order valence-corrected chi connectivity index (χ2v) is 6.68. The molecule has 0 unspecified atom stereocenters. The van der Waals surface area contributed by atoms with Crippen molar-refractivity contribution in [2.45, 2.75) is 39.4 Å². The molecular formula is C17H25N5O3. The molecule has 0 bridgehead atoms. The Balaban J connectivity index is 1.49. The first-order valence-corrected chi connectivity index (χ1v) is 8.65. The minimum Gasteiger partial charge on any atom is -0.472 e. The average molecular weight is 347 g/mol. The molecule has 1 N–H and O–H groups in total. The van der Waals surface area contributed by atoms with Gasteiger partial charge in [0.15, 0.2) is 0 Å². The molecule has 25 heavy (non-hydrogen) atoms. The lowest BCUT2D eigenvalue weighted by Crippen LogP contribution is -2.54. The summed E-state index contributed by atoms with van der Waals surface area (Å²) in [4.78, 5) is 21.0. The number of rotatable bonds is 6. The van der Waals surface area contributed by atoms with Crippen molar-refractivity contribution in [3.63, 3.8) is 0 Å². The van der Waals surface area contributed by atoms with Gasteiger partial charge in [0.1, 0.15) is 6.26 Å². The second-order valence-electron chi connectivity index (χ2n) is 6.68. The molecule has 0 aliphatic carbocycles. The third-order valence-electron chi connectivity index (χ3n) is 4.37. The number of furan rings is 1. The maximum absolute atomic E-state index is 12.1. The van der Waals surface area contributed by atoms with Crippen LogP contribution < -0.4 is 5.32 Å². The number of carbonyl (C=O) groups excluding carboxylic acids is 1. The summed E-state index contributed by atoms with van der Waals surface area (Å²) in [7, 11) is 0. The Kier molecular flexibility index (Phi) is 5.50. The lowest BCUT2D eigenvalue weighted by Gasteiger charge is -2.37. The minimum atomic E-state index is -0.111. The molecule has 1 amide bonds.